The lowest BCUT2D eigenvalue weighted by Gasteiger charge is -2.26. The van der Waals surface area contributed by atoms with Gasteiger partial charge in [-0.25, -0.2) is 0 Å². The summed E-state index contributed by atoms with van der Waals surface area (Å²) in [5.41, 5.74) is -0.164. The van der Waals surface area contributed by atoms with Gasteiger partial charge in [0.2, 0.25) is 0 Å². The molecule has 0 aliphatic carbocycles. The van der Waals surface area contributed by atoms with Crippen molar-refractivity contribution in [3.63, 3.8) is 0 Å². The van der Waals surface area contributed by atoms with Crippen molar-refractivity contribution in [1.82, 2.24) is 5.32 Å². The molecule has 0 amide bonds. The van der Waals surface area contributed by atoms with Crippen molar-refractivity contribution in [3.8, 4) is 0 Å². The van der Waals surface area contributed by atoms with Gasteiger partial charge in [-0.3, -0.25) is 0 Å². The molecule has 0 heterocycles. The van der Waals surface area contributed by atoms with Crippen molar-refractivity contribution in [1.29, 1.82) is 0 Å². The average Bonchev–Trinajstić information content (AvgIpc) is 2.12. The van der Waals surface area contributed by atoms with Gasteiger partial charge in [0.05, 0.1) is 13.2 Å². The van der Waals surface area contributed by atoms with Gasteiger partial charge in [-0.1, -0.05) is 0 Å². The van der Waals surface area contributed by atoms with Gasteiger partial charge in [0.1, 0.15) is 0 Å². The van der Waals surface area contributed by atoms with Crippen LogP contribution in [-0.4, -0.2) is 47.5 Å². The summed E-state index contributed by atoms with van der Waals surface area (Å²) in [4.78, 5) is 0. The number of aliphatic hydroxyl groups is 2. The highest BCUT2D eigenvalue weighted by atomic mass is 32.2. The van der Waals surface area contributed by atoms with Gasteiger partial charge >= 0.3 is 0 Å². The third-order valence-corrected chi connectivity index (χ3v) is 2.95. The summed E-state index contributed by atoms with van der Waals surface area (Å²) in [6.45, 7) is 2.38. The largest absolute Gasteiger partial charge is 0.396 e. The predicted molar refractivity (Wildman–Crippen MR) is 53.6 cm³/mol. The Morgan fingerprint density at radius 1 is 1.33 bits per heavy atom. The maximum absolute atomic E-state index is 9.02. The van der Waals surface area contributed by atoms with E-state index in [2.05, 4.69) is 5.32 Å². The minimum Gasteiger partial charge on any atom is -0.396 e. The Hall–Kier alpha value is 0.230. The van der Waals surface area contributed by atoms with Gasteiger partial charge < -0.3 is 15.5 Å². The van der Waals surface area contributed by atoms with E-state index in [1.165, 1.54) is 0 Å². The fraction of sp³-hybridized carbons (Fsp3) is 1.00. The molecule has 0 bridgehead atoms. The molecule has 0 spiro atoms. The Morgan fingerprint density at radius 2 is 2.00 bits per heavy atom. The Labute approximate surface area is 78.6 Å². The molecule has 4 heteroatoms. The quantitative estimate of drug-likeness (QED) is 0.501. The van der Waals surface area contributed by atoms with E-state index >= 15 is 0 Å². The third-order valence-electron chi connectivity index (χ3n) is 1.99. The molecule has 1 atom stereocenters. The lowest BCUT2D eigenvalue weighted by molar-refractivity contribution is 0.179. The second-order valence-electron chi connectivity index (χ2n) is 3.05. The molecule has 0 unspecified atom stereocenters. The number of aliphatic hydroxyl groups excluding tert-OH is 2. The first-order valence-electron chi connectivity index (χ1n) is 4.17. The van der Waals surface area contributed by atoms with Crippen molar-refractivity contribution in [2.45, 2.75) is 18.9 Å². The minimum absolute atomic E-state index is 0.156. The van der Waals surface area contributed by atoms with Crippen LogP contribution in [0, 0.1) is 0 Å². The highest BCUT2D eigenvalue weighted by molar-refractivity contribution is 7.99. The van der Waals surface area contributed by atoms with Gasteiger partial charge in [0.25, 0.3) is 0 Å². The first kappa shape index (κ1) is 12.2. The molecule has 0 saturated heterocycles. The van der Waals surface area contributed by atoms with E-state index in [9.17, 15) is 0 Å². The van der Waals surface area contributed by atoms with Crippen LogP contribution >= 0.6 is 11.8 Å². The molecule has 3 nitrogen and oxygen atoms in total. The van der Waals surface area contributed by atoms with Gasteiger partial charge in [-0.15, -0.1) is 0 Å². The summed E-state index contributed by atoms with van der Waals surface area (Å²) >= 11 is 1.71. The standard InChI is InChI=1S/C8H19NO2S/c1-8(7-11,9-2)3-5-12-6-4-10/h9-11H,3-7H2,1-2H3/t8-/m0/s1. The van der Waals surface area contributed by atoms with E-state index in [1.54, 1.807) is 11.8 Å². The minimum atomic E-state index is -0.164. The third kappa shape index (κ3) is 4.98. The second kappa shape index (κ2) is 6.71. The first-order chi connectivity index (χ1) is 5.68. The zero-order valence-electron chi connectivity index (χ0n) is 7.84. The maximum Gasteiger partial charge on any atom is 0.0610 e. The fourth-order valence-electron chi connectivity index (χ4n) is 0.747. The van der Waals surface area contributed by atoms with Crippen LogP contribution in [0.1, 0.15) is 13.3 Å². The SMILES string of the molecule is CN[C@](C)(CO)CCSCCO. The summed E-state index contributed by atoms with van der Waals surface area (Å²) in [7, 11) is 1.85. The number of thioether (sulfide) groups is 1. The predicted octanol–water partition coefficient (Wildman–Crippen LogP) is 0.0724. The number of hydrogen-bond donors (Lipinski definition) is 3. The zero-order valence-corrected chi connectivity index (χ0v) is 8.65. The van der Waals surface area contributed by atoms with Gasteiger partial charge in [0, 0.05) is 11.3 Å². The number of likely N-dealkylation sites (N-methyl/N-ethyl adjacent to an activating group) is 1. The van der Waals surface area contributed by atoms with Crippen LogP contribution in [-0.2, 0) is 0 Å². The summed E-state index contributed by atoms with van der Waals surface area (Å²) < 4.78 is 0. The molecule has 0 saturated carbocycles. The molecule has 0 aromatic carbocycles. The van der Waals surface area contributed by atoms with Gasteiger partial charge in [-0.2, -0.15) is 11.8 Å². The van der Waals surface area contributed by atoms with E-state index in [0.717, 1.165) is 17.9 Å². The summed E-state index contributed by atoms with van der Waals surface area (Å²) in [5, 5.41) is 20.6. The number of rotatable bonds is 7. The Kier molecular flexibility index (Phi) is 6.84. The second-order valence-corrected chi connectivity index (χ2v) is 4.28. The van der Waals surface area contributed by atoms with Crippen LogP contribution in [0.4, 0.5) is 0 Å². The van der Waals surface area contributed by atoms with Crippen LogP contribution < -0.4 is 5.32 Å². The molecular formula is C8H19NO2S. The van der Waals surface area contributed by atoms with E-state index in [1.807, 2.05) is 14.0 Å². The maximum atomic E-state index is 9.02. The summed E-state index contributed by atoms with van der Waals surface area (Å²) in [6.07, 6.45) is 0.921. The molecule has 74 valence electrons. The molecule has 0 radical (unpaired) electrons. The summed E-state index contributed by atoms with van der Waals surface area (Å²) in [5.74, 6) is 1.75. The Balaban J connectivity index is 3.45. The van der Waals surface area contributed by atoms with Gasteiger partial charge in [-0.05, 0) is 26.1 Å². The van der Waals surface area contributed by atoms with Crippen molar-refractivity contribution in [2.24, 2.45) is 0 Å². The summed E-state index contributed by atoms with van der Waals surface area (Å²) in [6, 6.07) is 0. The zero-order chi connectivity index (χ0) is 9.45. The molecule has 0 aromatic heterocycles. The van der Waals surface area contributed by atoms with Crippen molar-refractivity contribution in [3.05, 3.63) is 0 Å². The van der Waals surface area contributed by atoms with Crippen LogP contribution in [0.5, 0.6) is 0 Å². The van der Waals surface area contributed by atoms with Crippen molar-refractivity contribution < 1.29 is 10.2 Å². The monoisotopic (exact) mass is 193 g/mol. The lowest BCUT2D eigenvalue weighted by Crippen LogP contribution is -2.43. The molecule has 0 fully saturated rings. The highest BCUT2D eigenvalue weighted by Crippen LogP contribution is 2.12. The molecule has 3 N–H and O–H groups in total. The normalized spacial score (nSPS) is 16.0. The molecular weight excluding hydrogens is 174 g/mol. The first-order valence-corrected chi connectivity index (χ1v) is 5.32. The smallest absolute Gasteiger partial charge is 0.0610 e. The highest BCUT2D eigenvalue weighted by Gasteiger charge is 2.19. The number of hydrogen-bond acceptors (Lipinski definition) is 4. The van der Waals surface area contributed by atoms with E-state index in [4.69, 9.17) is 10.2 Å². The van der Waals surface area contributed by atoms with Crippen molar-refractivity contribution in [2.75, 3.05) is 31.8 Å². The average molecular weight is 193 g/mol. The van der Waals surface area contributed by atoms with Crippen LogP contribution in [0.3, 0.4) is 0 Å². The van der Waals surface area contributed by atoms with Crippen LogP contribution in [0.2, 0.25) is 0 Å². The number of nitrogens with one attached hydrogen (secondary N) is 1. The lowest BCUT2D eigenvalue weighted by atomic mass is 10.0. The van der Waals surface area contributed by atoms with Crippen molar-refractivity contribution >= 4 is 11.8 Å². The van der Waals surface area contributed by atoms with Crippen LogP contribution in [0.15, 0.2) is 0 Å². The topological polar surface area (TPSA) is 52.5 Å². The fourth-order valence-corrected chi connectivity index (χ4v) is 1.68. The molecule has 0 rings (SSSR count). The molecule has 12 heavy (non-hydrogen) atoms. The van der Waals surface area contributed by atoms with Gasteiger partial charge in [0.15, 0.2) is 0 Å². The molecule has 0 aliphatic heterocycles. The molecule has 0 aromatic rings. The van der Waals surface area contributed by atoms with E-state index in [-0.39, 0.29) is 18.8 Å². The van der Waals surface area contributed by atoms with Crippen LogP contribution in [0.25, 0.3) is 0 Å². The Bertz CT molecular complexity index is 107. The molecule has 0 aliphatic rings. The van der Waals surface area contributed by atoms with E-state index in [0.29, 0.717) is 0 Å². The Morgan fingerprint density at radius 3 is 2.42 bits per heavy atom. The van der Waals surface area contributed by atoms with E-state index < -0.39 is 0 Å².